The molecule has 0 aliphatic heterocycles. The molecule has 5 nitrogen and oxygen atoms in total. The summed E-state index contributed by atoms with van der Waals surface area (Å²) in [5.41, 5.74) is 7.37. The quantitative estimate of drug-likeness (QED) is 0.389. The highest BCUT2D eigenvalue weighted by Crippen LogP contribution is 2.24. The minimum absolute atomic E-state index is 0.380. The van der Waals surface area contributed by atoms with Gasteiger partial charge in [0.15, 0.2) is 5.82 Å². The number of alkyl halides is 2. The molecule has 0 fully saturated rings. The topological polar surface area (TPSA) is 74.5 Å². The molecule has 0 saturated heterocycles. The van der Waals surface area contributed by atoms with Gasteiger partial charge in [-0.1, -0.05) is 0 Å². The molecule has 0 aliphatic rings. The first-order chi connectivity index (χ1) is 5.75. The van der Waals surface area contributed by atoms with E-state index in [9.17, 15) is 8.78 Å². The summed E-state index contributed by atoms with van der Waals surface area (Å²) in [6.45, 7) is 0. The number of azide groups is 1. The van der Waals surface area contributed by atoms with Crippen LogP contribution in [0.2, 0.25) is 0 Å². The van der Waals surface area contributed by atoms with Gasteiger partial charge in [0.25, 0.3) is 6.43 Å². The number of hydrogen-bond donors (Lipinski definition) is 0. The predicted molar refractivity (Wildman–Crippen MR) is 35.8 cm³/mol. The lowest BCUT2D eigenvalue weighted by Crippen LogP contribution is -1.91. The predicted octanol–water partition coefficient (Wildman–Crippen LogP) is 2.36. The molecule has 0 amide bonds. The molecule has 0 unspecified atom stereocenters. The molecule has 0 N–H and O–H groups in total. The number of aromatic nitrogens is 2. The van der Waals surface area contributed by atoms with Gasteiger partial charge < -0.3 is 0 Å². The van der Waals surface area contributed by atoms with Crippen molar-refractivity contribution in [1.82, 2.24) is 9.97 Å². The third-order valence-corrected chi connectivity index (χ3v) is 1.05. The van der Waals surface area contributed by atoms with Crippen LogP contribution in [0.4, 0.5) is 14.6 Å². The average Bonchev–Trinajstić information content (AvgIpc) is 2.05. The molecule has 1 aromatic heterocycles. The van der Waals surface area contributed by atoms with Crippen molar-refractivity contribution in [2.75, 3.05) is 0 Å². The Labute approximate surface area is 65.7 Å². The van der Waals surface area contributed by atoms with Crippen molar-refractivity contribution in [3.05, 3.63) is 28.5 Å². The highest BCUT2D eigenvalue weighted by molar-refractivity contribution is 5.32. The summed E-state index contributed by atoms with van der Waals surface area (Å²) in [6.07, 6.45) is -0.493. The Hall–Kier alpha value is -1.75. The van der Waals surface area contributed by atoms with Crippen molar-refractivity contribution in [3.8, 4) is 0 Å². The molecular weight excluding hydrogens is 168 g/mol. The fraction of sp³-hybridized carbons (Fsp3) is 0.200. The Bertz CT molecular complexity index is 319. The van der Waals surface area contributed by atoms with Crippen LogP contribution in [0.1, 0.15) is 12.1 Å². The first kappa shape index (κ1) is 8.35. The molecule has 62 valence electrons. The van der Waals surface area contributed by atoms with Gasteiger partial charge in [-0.2, -0.15) is 0 Å². The number of rotatable bonds is 2. The first-order valence-electron chi connectivity index (χ1n) is 2.90. The Balaban J connectivity index is 3.17. The summed E-state index contributed by atoms with van der Waals surface area (Å²) in [4.78, 5) is 9.08. The standard InChI is InChI=1S/C5H3F2N5/c6-4(7)3-5(11-12-8)10-2-1-9-3/h1-2,4H. The van der Waals surface area contributed by atoms with Gasteiger partial charge in [0.05, 0.1) is 0 Å². The Morgan fingerprint density at radius 1 is 1.42 bits per heavy atom. The summed E-state index contributed by atoms with van der Waals surface area (Å²) in [7, 11) is 0. The van der Waals surface area contributed by atoms with Crippen LogP contribution in [-0.2, 0) is 0 Å². The van der Waals surface area contributed by atoms with Crippen molar-refractivity contribution in [3.63, 3.8) is 0 Å². The van der Waals surface area contributed by atoms with Crippen LogP contribution >= 0.6 is 0 Å². The maximum atomic E-state index is 12.1. The van der Waals surface area contributed by atoms with Gasteiger partial charge in [-0.05, 0) is 10.6 Å². The summed E-state index contributed by atoms with van der Waals surface area (Å²) in [5.74, 6) is -0.380. The van der Waals surface area contributed by atoms with Crippen LogP contribution in [0.25, 0.3) is 10.4 Å². The molecule has 0 atom stereocenters. The number of nitrogens with zero attached hydrogens (tertiary/aromatic N) is 5. The molecule has 0 radical (unpaired) electrons. The Morgan fingerprint density at radius 2 is 2.08 bits per heavy atom. The van der Waals surface area contributed by atoms with E-state index in [4.69, 9.17) is 5.53 Å². The van der Waals surface area contributed by atoms with E-state index in [1.165, 1.54) is 6.20 Å². The summed E-state index contributed by atoms with van der Waals surface area (Å²) >= 11 is 0. The van der Waals surface area contributed by atoms with Crippen molar-refractivity contribution < 1.29 is 8.78 Å². The van der Waals surface area contributed by atoms with Crippen LogP contribution < -0.4 is 0 Å². The van der Waals surface area contributed by atoms with Gasteiger partial charge in [-0.3, -0.25) is 9.97 Å². The SMILES string of the molecule is [N-]=[N+]=Nc1nccnc1C(F)F. The van der Waals surface area contributed by atoms with E-state index in [1.54, 1.807) is 0 Å². The second-order valence-corrected chi connectivity index (χ2v) is 1.76. The zero-order valence-corrected chi connectivity index (χ0v) is 5.72. The fourth-order valence-electron chi connectivity index (χ4n) is 0.615. The maximum absolute atomic E-state index is 12.1. The highest BCUT2D eigenvalue weighted by atomic mass is 19.3. The zero-order chi connectivity index (χ0) is 8.97. The van der Waals surface area contributed by atoms with E-state index in [1.807, 2.05) is 0 Å². The summed E-state index contributed by atoms with van der Waals surface area (Å²) < 4.78 is 24.1. The van der Waals surface area contributed by atoms with Crippen molar-refractivity contribution >= 4 is 5.82 Å². The molecule has 0 bridgehead atoms. The maximum Gasteiger partial charge on any atom is 0.282 e. The molecule has 1 aromatic rings. The van der Waals surface area contributed by atoms with Gasteiger partial charge in [0, 0.05) is 17.3 Å². The van der Waals surface area contributed by atoms with E-state index in [2.05, 4.69) is 20.0 Å². The summed E-state index contributed by atoms with van der Waals surface area (Å²) in [5, 5.41) is 2.95. The van der Waals surface area contributed by atoms with Crippen LogP contribution in [0, 0.1) is 0 Å². The van der Waals surface area contributed by atoms with Crippen LogP contribution in [0.3, 0.4) is 0 Å². The van der Waals surface area contributed by atoms with Crippen LogP contribution in [0.5, 0.6) is 0 Å². The van der Waals surface area contributed by atoms with E-state index in [0.29, 0.717) is 0 Å². The first-order valence-corrected chi connectivity index (χ1v) is 2.90. The van der Waals surface area contributed by atoms with Crippen LogP contribution in [-0.4, -0.2) is 9.97 Å². The fourth-order valence-corrected chi connectivity index (χ4v) is 0.615. The van der Waals surface area contributed by atoms with E-state index in [-0.39, 0.29) is 5.82 Å². The van der Waals surface area contributed by atoms with Gasteiger partial charge in [-0.15, -0.1) is 0 Å². The lowest BCUT2D eigenvalue weighted by Gasteiger charge is -1.98. The summed E-state index contributed by atoms with van der Waals surface area (Å²) in [6, 6.07) is 0. The van der Waals surface area contributed by atoms with Gasteiger partial charge in [-0.25, -0.2) is 8.78 Å². The zero-order valence-electron chi connectivity index (χ0n) is 5.72. The number of hydrogen-bond acceptors (Lipinski definition) is 3. The van der Waals surface area contributed by atoms with E-state index >= 15 is 0 Å². The molecule has 0 aromatic carbocycles. The van der Waals surface area contributed by atoms with Gasteiger partial charge in [0.1, 0.15) is 5.69 Å². The minimum Gasteiger partial charge on any atom is -0.252 e. The monoisotopic (exact) mass is 171 g/mol. The number of halogens is 2. The second kappa shape index (κ2) is 3.59. The van der Waals surface area contributed by atoms with Crippen LogP contribution in [0.15, 0.2) is 17.5 Å². The largest absolute Gasteiger partial charge is 0.282 e. The second-order valence-electron chi connectivity index (χ2n) is 1.76. The van der Waals surface area contributed by atoms with Crippen molar-refractivity contribution in [2.24, 2.45) is 5.11 Å². The smallest absolute Gasteiger partial charge is 0.252 e. The van der Waals surface area contributed by atoms with Gasteiger partial charge in [0.2, 0.25) is 0 Å². The Kier molecular flexibility index (Phi) is 2.49. The third kappa shape index (κ3) is 1.64. The van der Waals surface area contributed by atoms with Crippen molar-refractivity contribution in [1.29, 1.82) is 0 Å². The highest BCUT2D eigenvalue weighted by Gasteiger charge is 2.13. The molecule has 0 spiro atoms. The van der Waals surface area contributed by atoms with E-state index in [0.717, 1.165) is 6.20 Å². The molecule has 12 heavy (non-hydrogen) atoms. The molecule has 0 aliphatic carbocycles. The van der Waals surface area contributed by atoms with Crippen molar-refractivity contribution in [2.45, 2.75) is 6.43 Å². The normalized spacial score (nSPS) is 9.58. The Morgan fingerprint density at radius 3 is 2.67 bits per heavy atom. The molecular formula is C5H3F2N5. The third-order valence-electron chi connectivity index (χ3n) is 1.05. The molecule has 1 rings (SSSR count). The lowest BCUT2D eigenvalue weighted by atomic mass is 10.4. The molecule has 7 heteroatoms. The lowest BCUT2D eigenvalue weighted by molar-refractivity contribution is 0.146. The minimum atomic E-state index is -2.78. The van der Waals surface area contributed by atoms with E-state index < -0.39 is 12.1 Å². The average molecular weight is 171 g/mol. The molecule has 0 saturated carbocycles. The van der Waals surface area contributed by atoms with Gasteiger partial charge >= 0.3 is 0 Å². The molecule has 1 heterocycles.